The average Bonchev–Trinajstić information content (AvgIpc) is 3.19. The zero-order valence-electron chi connectivity index (χ0n) is 15.7. The van der Waals surface area contributed by atoms with E-state index in [1.807, 2.05) is 4.90 Å². The normalized spacial score (nSPS) is 30.4. The molecule has 3 heterocycles. The molecule has 0 N–H and O–H groups in total. The van der Waals surface area contributed by atoms with Gasteiger partial charge in [0.15, 0.2) is 5.76 Å². The lowest BCUT2D eigenvalue weighted by molar-refractivity contribution is -0.135. The topological polar surface area (TPSA) is 83.2 Å². The Kier molecular flexibility index (Phi) is 4.61. The van der Waals surface area contributed by atoms with Crippen molar-refractivity contribution in [1.29, 1.82) is 0 Å². The van der Waals surface area contributed by atoms with Crippen LogP contribution in [0.4, 0.5) is 0 Å². The lowest BCUT2D eigenvalue weighted by Gasteiger charge is -2.47. The smallest absolute Gasteiger partial charge is 0.345 e. The highest BCUT2D eigenvalue weighted by Gasteiger charge is 2.42. The van der Waals surface area contributed by atoms with Gasteiger partial charge in [0, 0.05) is 19.6 Å². The molecule has 146 valence electrons. The van der Waals surface area contributed by atoms with E-state index >= 15 is 0 Å². The molecule has 3 atom stereocenters. The number of likely N-dealkylation sites (tertiary alicyclic amines) is 1. The molecule has 0 unspecified atom stereocenters. The Morgan fingerprint density at radius 3 is 2.78 bits per heavy atom. The molecule has 4 rings (SSSR count). The molecule has 0 radical (unpaired) electrons. The minimum Gasteiger partial charge on any atom is -0.463 e. The van der Waals surface area contributed by atoms with E-state index in [1.54, 1.807) is 12.1 Å². The molecule has 3 aliphatic rings. The summed E-state index contributed by atoms with van der Waals surface area (Å²) in [5.41, 5.74) is 0.294. The molecule has 0 spiro atoms. The number of amides is 1. The summed E-state index contributed by atoms with van der Waals surface area (Å²) < 4.78 is 35.1. The Labute approximate surface area is 159 Å². The minimum atomic E-state index is -3.96. The molecule has 1 aromatic heterocycles. The fourth-order valence-corrected chi connectivity index (χ4v) is 5.50. The number of carbonyl (C=O) groups is 1. The van der Waals surface area contributed by atoms with E-state index in [1.165, 1.54) is 25.8 Å². The number of furan rings is 1. The summed E-state index contributed by atoms with van der Waals surface area (Å²) in [5.74, 6) is 1.20. The molecule has 1 aliphatic carbocycles. The molecule has 0 aromatic carbocycles. The molecule has 0 bridgehead atoms. The van der Waals surface area contributed by atoms with Crippen LogP contribution < -0.4 is 0 Å². The van der Waals surface area contributed by atoms with E-state index < -0.39 is 10.2 Å². The number of fused-ring (bicyclic) bond motifs is 1. The van der Waals surface area contributed by atoms with Gasteiger partial charge < -0.3 is 9.32 Å². The van der Waals surface area contributed by atoms with Crippen molar-refractivity contribution in [3.8, 4) is 0 Å². The third-order valence-electron chi connectivity index (χ3n) is 6.16. The van der Waals surface area contributed by atoms with Crippen LogP contribution in [0.15, 0.2) is 39.0 Å². The third-order valence-corrected chi connectivity index (χ3v) is 7.48. The third kappa shape index (κ3) is 3.20. The van der Waals surface area contributed by atoms with Gasteiger partial charge in [-0.3, -0.25) is 4.79 Å². The first-order chi connectivity index (χ1) is 12.9. The lowest BCUT2D eigenvalue weighted by Crippen LogP contribution is -2.54. The van der Waals surface area contributed by atoms with Crippen molar-refractivity contribution in [2.24, 2.45) is 16.2 Å². The van der Waals surface area contributed by atoms with E-state index in [0.29, 0.717) is 24.1 Å². The molecular formula is C19H25N3O4S. The zero-order valence-corrected chi connectivity index (χ0v) is 16.5. The summed E-state index contributed by atoms with van der Waals surface area (Å²) in [6.07, 6.45) is 8.39. The Morgan fingerprint density at radius 1 is 1.26 bits per heavy atom. The van der Waals surface area contributed by atoms with Crippen molar-refractivity contribution < 1.29 is 17.6 Å². The monoisotopic (exact) mass is 391 g/mol. The number of hydrogen-bond donors (Lipinski definition) is 0. The summed E-state index contributed by atoms with van der Waals surface area (Å²) in [6.45, 7) is 2.93. The number of allylic oxidation sites excluding steroid dienone is 1. The van der Waals surface area contributed by atoms with Gasteiger partial charge in [0.05, 0.1) is 6.26 Å². The van der Waals surface area contributed by atoms with Crippen LogP contribution in [0.25, 0.3) is 0 Å². The van der Waals surface area contributed by atoms with E-state index in [9.17, 15) is 13.2 Å². The molecule has 7 nitrogen and oxygen atoms in total. The maximum atomic E-state index is 13.4. The molecule has 27 heavy (non-hydrogen) atoms. The summed E-state index contributed by atoms with van der Waals surface area (Å²) in [4.78, 5) is 15.3. The van der Waals surface area contributed by atoms with E-state index in [2.05, 4.69) is 11.3 Å². The molecule has 2 fully saturated rings. The largest absolute Gasteiger partial charge is 0.463 e. The van der Waals surface area contributed by atoms with Crippen molar-refractivity contribution >= 4 is 21.8 Å². The minimum absolute atomic E-state index is 0.135. The first kappa shape index (κ1) is 18.3. The fourth-order valence-electron chi connectivity index (χ4n) is 4.61. The standard InChI is InChI=1S/C19H25N3O4S/c1-13-9-10-22(16-7-4-3-6-14(13)16)19(23)17-12-15(18-8-5-11-26-18)20-27(24,25)21(17)2/h5,8,11-14,16H,3-4,6-7,9-10H2,1-2H3/t13-,14+,16+/m0/s1. The Balaban J connectivity index is 1.68. The fraction of sp³-hybridized carbons (Fsp3) is 0.579. The van der Waals surface area contributed by atoms with Crippen molar-refractivity contribution in [2.45, 2.75) is 45.1 Å². The van der Waals surface area contributed by atoms with Gasteiger partial charge >= 0.3 is 10.2 Å². The number of nitrogens with zero attached hydrogens (tertiary/aromatic N) is 3. The maximum Gasteiger partial charge on any atom is 0.345 e. The lowest BCUT2D eigenvalue weighted by atomic mass is 9.72. The molecule has 8 heteroatoms. The molecule has 2 aliphatic heterocycles. The van der Waals surface area contributed by atoms with Crippen LogP contribution in [-0.4, -0.2) is 48.9 Å². The van der Waals surface area contributed by atoms with Crippen LogP contribution in [-0.2, 0) is 15.0 Å². The van der Waals surface area contributed by atoms with E-state index in [0.717, 1.165) is 30.0 Å². The van der Waals surface area contributed by atoms with Crippen LogP contribution in [0.2, 0.25) is 0 Å². The van der Waals surface area contributed by atoms with Crippen molar-refractivity contribution in [3.63, 3.8) is 0 Å². The molecule has 1 saturated carbocycles. The number of piperidine rings is 1. The van der Waals surface area contributed by atoms with Gasteiger partial charge in [-0.2, -0.15) is 8.42 Å². The Hall–Kier alpha value is -2.09. The van der Waals surface area contributed by atoms with Gasteiger partial charge in [-0.25, -0.2) is 4.31 Å². The summed E-state index contributed by atoms with van der Waals surface area (Å²) in [7, 11) is -2.58. The van der Waals surface area contributed by atoms with Crippen LogP contribution in [0.1, 0.15) is 44.8 Å². The Bertz CT molecular complexity index is 888. The van der Waals surface area contributed by atoms with E-state index in [4.69, 9.17) is 4.42 Å². The van der Waals surface area contributed by atoms with Gasteiger partial charge in [0.2, 0.25) is 0 Å². The van der Waals surface area contributed by atoms with Crippen LogP contribution in [0, 0.1) is 11.8 Å². The molecule has 1 saturated heterocycles. The SMILES string of the molecule is C[C@H]1CCN(C(=O)C2=CC(c3ccco3)=NS(=O)(=O)N2C)[C@@H]2CCCC[C@@H]21. The number of rotatable bonds is 2. The average molecular weight is 391 g/mol. The van der Waals surface area contributed by atoms with Crippen LogP contribution in [0.5, 0.6) is 0 Å². The summed E-state index contributed by atoms with van der Waals surface area (Å²) in [5, 5.41) is 0. The summed E-state index contributed by atoms with van der Waals surface area (Å²) in [6, 6.07) is 3.49. The highest BCUT2D eigenvalue weighted by molar-refractivity contribution is 7.88. The van der Waals surface area contributed by atoms with E-state index in [-0.39, 0.29) is 23.4 Å². The van der Waals surface area contributed by atoms with Gasteiger partial charge in [-0.1, -0.05) is 19.8 Å². The first-order valence-electron chi connectivity index (χ1n) is 9.54. The predicted octanol–water partition coefficient (Wildman–Crippen LogP) is 2.57. The van der Waals surface area contributed by atoms with Gasteiger partial charge in [-0.05, 0) is 49.3 Å². The van der Waals surface area contributed by atoms with Crippen LogP contribution in [0.3, 0.4) is 0 Å². The molecule has 1 aromatic rings. The van der Waals surface area contributed by atoms with Crippen molar-refractivity contribution in [3.05, 3.63) is 35.9 Å². The second-order valence-corrected chi connectivity index (χ2v) is 9.33. The highest BCUT2D eigenvalue weighted by Crippen LogP contribution is 2.39. The first-order valence-corrected chi connectivity index (χ1v) is 10.9. The number of hydrogen-bond acceptors (Lipinski definition) is 4. The number of likely N-dealkylation sites (N-methyl/N-ethyl adjacent to an activating group) is 1. The van der Waals surface area contributed by atoms with Crippen molar-refractivity contribution in [1.82, 2.24) is 9.21 Å². The van der Waals surface area contributed by atoms with Gasteiger partial charge in [0.1, 0.15) is 11.4 Å². The van der Waals surface area contributed by atoms with Gasteiger partial charge in [0.25, 0.3) is 5.91 Å². The van der Waals surface area contributed by atoms with Crippen LogP contribution >= 0.6 is 0 Å². The zero-order chi connectivity index (χ0) is 19.2. The predicted molar refractivity (Wildman–Crippen MR) is 101 cm³/mol. The quantitative estimate of drug-likeness (QED) is 0.776. The molecule has 1 amide bonds. The Morgan fingerprint density at radius 2 is 2.04 bits per heavy atom. The maximum absolute atomic E-state index is 13.4. The molecular weight excluding hydrogens is 366 g/mol. The second-order valence-electron chi connectivity index (χ2n) is 7.71. The summed E-state index contributed by atoms with van der Waals surface area (Å²) >= 11 is 0. The number of carbonyl (C=O) groups excluding carboxylic acids is 1. The second kappa shape index (κ2) is 6.82. The van der Waals surface area contributed by atoms with Gasteiger partial charge in [-0.15, -0.1) is 4.40 Å². The van der Waals surface area contributed by atoms with Crippen molar-refractivity contribution in [2.75, 3.05) is 13.6 Å². The highest BCUT2D eigenvalue weighted by atomic mass is 32.2.